The van der Waals surface area contributed by atoms with Crippen molar-refractivity contribution in [2.45, 2.75) is 63.3 Å². The molecule has 190 valence electrons. The number of aromatic nitrogens is 4. The van der Waals surface area contributed by atoms with Crippen molar-refractivity contribution in [1.82, 2.24) is 35.7 Å². The van der Waals surface area contributed by atoms with Crippen molar-refractivity contribution in [3.8, 4) is 5.75 Å². The van der Waals surface area contributed by atoms with Gasteiger partial charge < -0.3 is 15.1 Å². The first-order valence-corrected chi connectivity index (χ1v) is 13.0. The molecule has 0 radical (unpaired) electrons. The maximum Gasteiger partial charge on any atom is 0.125 e. The number of benzene rings is 1. The minimum atomic E-state index is -1.01. The van der Waals surface area contributed by atoms with Crippen LogP contribution in [0.2, 0.25) is 0 Å². The van der Waals surface area contributed by atoms with Gasteiger partial charge in [-0.2, -0.15) is 0 Å². The van der Waals surface area contributed by atoms with Crippen LogP contribution in [0.4, 0.5) is 4.39 Å². The average Bonchev–Trinajstić information content (AvgIpc) is 3.66. The molecule has 0 amide bonds. The third-order valence-corrected chi connectivity index (χ3v) is 8.22. The lowest BCUT2D eigenvalue weighted by molar-refractivity contribution is 0.135. The summed E-state index contributed by atoms with van der Waals surface area (Å²) >= 11 is 0. The fourth-order valence-corrected chi connectivity index (χ4v) is 6.28. The second-order valence-corrected chi connectivity index (χ2v) is 10.3. The molecule has 2 fully saturated rings. The van der Waals surface area contributed by atoms with Crippen LogP contribution < -0.4 is 10.9 Å². The number of hydrogen-bond donors (Lipinski definition) is 5. The summed E-state index contributed by atoms with van der Waals surface area (Å²) in [5.41, 5.74) is 12.1. The van der Waals surface area contributed by atoms with E-state index in [4.69, 9.17) is 4.98 Å². The van der Waals surface area contributed by atoms with Crippen LogP contribution in [0, 0.1) is 5.92 Å². The summed E-state index contributed by atoms with van der Waals surface area (Å²) < 4.78 is 15.8. The number of fused-ring (bicyclic) bond motifs is 1. The number of aromatic hydroxyl groups is 1. The molecule has 3 aromatic rings. The summed E-state index contributed by atoms with van der Waals surface area (Å²) in [5.74, 6) is 1.07. The fourth-order valence-electron chi connectivity index (χ4n) is 6.28. The summed E-state index contributed by atoms with van der Waals surface area (Å²) in [6.45, 7) is 4.79. The number of alkyl halides is 1. The Morgan fingerprint density at radius 3 is 2.89 bits per heavy atom. The lowest BCUT2D eigenvalue weighted by atomic mass is 9.71. The number of aromatic amines is 2. The second-order valence-electron chi connectivity index (χ2n) is 10.3. The highest BCUT2D eigenvalue weighted by atomic mass is 19.1. The first kappa shape index (κ1) is 23.4. The molecule has 1 aromatic carbocycles. The van der Waals surface area contributed by atoms with Crippen LogP contribution >= 0.6 is 0 Å². The predicted molar refractivity (Wildman–Crippen MR) is 136 cm³/mol. The van der Waals surface area contributed by atoms with Gasteiger partial charge in [0, 0.05) is 43.4 Å². The van der Waals surface area contributed by atoms with Crippen LogP contribution in [-0.2, 0) is 13.0 Å². The van der Waals surface area contributed by atoms with E-state index in [0.717, 1.165) is 73.7 Å². The molecule has 1 saturated heterocycles. The molecule has 3 aliphatic rings. The van der Waals surface area contributed by atoms with Crippen LogP contribution in [0.25, 0.3) is 5.57 Å². The molecule has 5 atom stereocenters. The molecular weight excluding hydrogens is 457 g/mol. The number of phenols is 1. The van der Waals surface area contributed by atoms with Gasteiger partial charge in [-0.25, -0.2) is 19.8 Å². The molecule has 2 aliphatic heterocycles. The van der Waals surface area contributed by atoms with E-state index in [1.807, 2.05) is 18.5 Å². The highest BCUT2D eigenvalue weighted by Gasteiger charge is 2.48. The van der Waals surface area contributed by atoms with Gasteiger partial charge >= 0.3 is 0 Å². The van der Waals surface area contributed by atoms with Crippen molar-refractivity contribution in [2.75, 3.05) is 13.1 Å². The molecule has 0 spiro atoms. The molecule has 6 rings (SSSR count). The molecule has 36 heavy (non-hydrogen) atoms. The summed E-state index contributed by atoms with van der Waals surface area (Å²) in [5, 5.41) is 9.87. The van der Waals surface area contributed by atoms with E-state index < -0.39 is 6.17 Å². The maximum atomic E-state index is 15.8. The monoisotopic (exact) mass is 491 g/mol. The molecule has 8 nitrogen and oxygen atoms in total. The molecule has 4 heterocycles. The van der Waals surface area contributed by atoms with Crippen molar-refractivity contribution in [3.63, 3.8) is 0 Å². The van der Waals surface area contributed by atoms with Gasteiger partial charge in [0.2, 0.25) is 0 Å². The topological polar surface area (TPSA) is 105 Å². The number of hydrogen-bond acceptors (Lipinski definition) is 6. The van der Waals surface area contributed by atoms with Gasteiger partial charge in [-0.05, 0) is 54.5 Å². The van der Waals surface area contributed by atoms with Gasteiger partial charge in [-0.3, -0.25) is 10.3 Å². The standard InChI is InChI=1S/C27H34FN7O/c1-2-16-11-19(36)3-4-20(16)21-5-6-22-25(24(21)28)33-34-26(22)27-30-13-23(32-27)17-7-9-35(10-8-17)14-18-12-29-15-31-18/h3-4,7,11-13,15,21-22,24-26,33-34,36H,2,5-6,8-10,14H2,1H3,(H,29,31)(H,30,32). The zero-order valence-electron chi connectivity index (χ0n) is 20.5. The molecule has 0 bridgehead atoms. The van der Waals surface area contributed by atoms with Crippen LogP contribution in [-0.4, -0.2) is 55.2 Å². The van der Waals surface area contributed by atoms with Crippen LogP contribution in [0.3, 0.4) is 0 Å². The Balaban J connectivity index is 1.13. The minimum absolute atomic E-state index is 0.0468. The number of hydrazine groups is 1. The van der Waals surface area contributed by atoms with E-state index in [1.165, 1.54) is 5.57 Å². The SMILES string of the molecule is CCc1cc(O)ccc1C1CCC2C(c3ncc(C4=CCN(Cc5cnc[nH]5)CC4)[nH]3)NNC2C1F. The Bertz CT molecular complexity index is 1220. The van der Waals surface area contributed by atoms with E-state index in [2.05, 4.69) is 43.7 Å². The highest BCUT2D eigenvalue weighted by Crippen LogP contribution is 2.45. The van der Waals surface area contributed by atoms with Gasteiger partial charge in [-0.15, -0.1) is 0 Å². The van der Waals surface area contributed by atoms with Crippen molar-refractivity contribution < 1.29 is 9.50 Å². The number of H-pyrrole nitrogens is 2. The summed E-state index contributed by atoms with van der Waals surface area (Å²) in [6, 6.07) is 5.04. The number of halogens is 1. The predicted octanol–water partition coefficient (Wildman–Crippen LogP) is 3.74. The molecule has 2 aromatic heterocycles. The summed E-state index contributed by atoms with van der Waals surface area (Å²) in [7, 11) is 0. The lowest BCUT2D eigenvalue weighted by Crippen LogP contribution is -2.45. The van der Waals surface area contributed by atoms with E-state index in [-0.39, 0.29) is 29.7 Å². The van der Waals surface area contributed by atoms with Crippen molar-refractivity contribution >= 4 is 5.57 Å². The van der Waals surface area contributed by atoms with Crippen LogP contribution in [0.5, 0.6) is 5.75 Å². The number of imidazole rings is 2. The second kappa shape index (κ2) is 9.80. The number of rotatable bonds is 6. The number of nitrogens with one attached hydrogen (secondary N) is 4. The zero-order chi connectivity index (χ0) is 24.6. The maximum absolute atomic E-state index is 15.8. The van der Waals surface area contributed by atoms with Crippen LogP contribution in [0.1, 0.15) is 66.5 Å². The van der Waals surface area contributed by atoms with Gasteiger partial charge in [-0.1, -0.05) is 19.1 Å². The van der Waals surface area contributed by atoms with Crippen molar-refractivity contribution in [3.05, 3.63) is 71.3 Å². The average molecular weight is 492 g/mol. The van der Waals surface area contributed by atoms with Crippen molar-refractivity contribution in [1.29, 1.82) is 0 Å². The van der Waals surface area contributed by atoms with Gasteiger partial charge in [0.25, 0.3) is 0 Å². The molecule has 5 unspecified atom stereocenters. The third kappa shape index (κ3) is 4.36. The van der Waals surface area contributed by atoms with Crippen molar-refractivity contribution in [2.24, 2.45) is 5.92 Å². The first-order valence-electron chi connectivity index (χ1n) is 13.0. The van der Waals surface area contributed by atoms with E-state index in [9.17, 15) is 5.11 Å². The Hall–Kier alpha value is -3.01. The zero-order valence-corrected chi connectivity index (χ0v) is 20.5. The molecule has 5 N–H and O–H groups in total. The minimum Gasteiger partial charge on any atom is -0.508 e. The Labute approximate surface area is 210 Å². The van der Waals surface area contributed by atoms with Gasteiger partial charge in [0.1, 0.15) is 17.7 Å². The normalized spacial score (nSPS) is 28.7. The van der Waals surface area contributed by atoms with E-state index in [0.29, 0.717) is 0 Å². The Morgan fingerprint density at radius 1 is 1.19 bits per heavy atom. The highest BCUT2D eigenvalue weighted by molar-refractivity contribution is 5.63. The molecule has 1 saturated carbocycles. The quantitative estimate of drug-likeness (QED) is 0.360. The number of nitrogens with zero attached hydrogens (tertiary/aromatic N) is 3. The molecule has 9 heteroatoms. The summed E-state index contributed by atoms with van der Waals surface area (Å²) in [4.78, 5) is 17.9. The Morgan fingerprint density at radius 2 is 2.11 bits per heavy atom. The lowest BCUT2D eigenvalue weighted by Gasteiger charge is -2.36. The fraction of sp³-hybridized carbons (Fsp3) is 0.481. The van der Waals surface area contributed by atoms with Gasteiger partial charge in [0.15, 0.2) is 0 Å². The number of aryl methyl sites for hydroxylation is 1. The van der Waals surface area contributed by atoms with E-state index in [1.54, 1.807) is 18.5 Å². The number of phenolic OH excluding ortho intramolecular Hbond substituents is 1. The smallest absolute Gasteiger partial charge is 0.125 e. The Kier molecular flexibility index (Phi) is 6.37. The van der Waals surface area contributed by atoms with E-state index >= 15 is 4.39 Å². The largest absolute Gasteiger partial charge is 0.508 e. The van der Waals surface area contributed by atoms with Crippen LogP contribution in [0.15, 0.2) is 43.0 Å². The molecular formula is C27H34FN7O. The summed E-state index contributed by atoms with van der Waals surface area (Å²) in [6.07, 6.45) is 10.2. The first-order chi connectivity index (χ1) is 17.6. The molecule has 1 aliphatic carbocycles. The third-order valence-electron chi connectivity index (χ3n) is 8.22. The van der Waals surface area contributed by atoms with Gasteiger partial charge in [0.05, 0.1) is 30.3 Å².